The van der Waals surface area contributed by atoms with Crippen LogP contribution in [0.2, 0.25) is 0 Å². The molecule has 0 aliphatic carbocycles. The van der Waals surface area contributed by atoms with Crippen LogP contribution in [0.5, 0.6) is 5.88 Å². The maximum atomic E-state index is 13.3. The first-order chi connectivity index (χ1) is 15.1. The largest absolute Gasteiger partial charge is 0.481 e. The van der Waals surface area contributed by atoms with Crippen molar-refractivity contribution in [3.63, 3.8) is 0 Å². The summed E-state index contributed by atoms with van der Waals surface area (Å²) in [5.41, 5.74) is 1.02. The van der Waals surface area contributed by atoms with Crippen LogP contribution in [-0.2, 0) is 0 Å². The first-order valence-corrected chi connectivity index (χ1v) is 10.0. The second-order valence-electron chi connectivity index (χ2n) is 7.25. The molecule has 1 aromatic carbocycles. The fraction of sp³-hybridized carbons (Fsp3) is 0.318. The topological polar surface area (TPSA) is 102 Å². The number of hydrogen-bond acceptors (Lipinski definition) is 7. The van der Waals surface area contributed by atoms with Crippen molar-refractivity contribution < 1.29 is 18.8 Å². The molecule has 2 aromatic heterocycles. The van der Waals surface area contributed by atoms with Crippen LogP contribution in [-0.4, -0.2) is 63.5 Å². The molecule has 1 aliphatic heterocycles. The summed E-state index contributed by atoms with van der Waals surface area (Å²) < 4.78 is 10.5. The van der Waals surface area contributed by atoms with Gasteiger partial charge in [0.05, 0.1) is 19.2 Å². The third kappa shape index (κ3) is 4.40. The second kappa shape index (κ2) is 8.95. The van der Waals surface area contributed by atoms with Gasteiger partial charge in [-0.15, -0.1) is 0 Å². The van der Waals surface area contributed by atoms with E-state index in [1.165, 1.54) is 13.3 Å². The third-order valence-electron chi connectivity index (χ3n) is 5.19. The molecule has 31 heavy (non-hydrogen) atoms. The molecule has 9 heteroatoms. The first-order valence-electron chi connectivity index (χ1n) is 10.0. The van der Waals surface area contributed by atoms with E-state index in [1.54, 1.807) is 41.0 Å². The highest BCUT2D eigenvalue weighted by molar-refractivity contribution is 5.95. The lowest BCUT2D eigenvalue weighted by Gasteiger charge is -2.29. The normalized spacial score (nSPS) is 16.6. The van der Waals surface area contributed by atoms with Crippen LogP contribution in [0.4, 0.5) is 0 Å². The monoisotopic (exact) mass is 421 g/mol. The molecule has 0 N–H and O–H groups in total. The van der Waals surface area contributed by atoms with E-state index >= 15 is 0 Å². The zero-order valence-corrected chi connectivity index (χ0v) is 17.4. The molecule has 1 atom stereocenters. The van der Waals surface area contributed by atoms with Crippen molar-refractivity contribution >= 4 is 11.8 Å². The molecule has 1 fully saturated rings. The van der Waals surface area contributed by atoms with Gasteiger partial charge in [0.15, 0.2) is 5.82 Å². The van der Waals surface area contributed by atoms with Crippen molar-refractivity contribution in [2.24, 2.45) is 0 Å². The van der Waals surface area contributed by atoms with Gasteiger partial charge in [0.1, 0.15) is 6.04 Å². The maximum absolute atomic E-state index is 13.3. The molecule has 0 radical (unpaired) electrons. The lowest BCUT2D eigenvalue weighted by Crippen LogP contribution is -2.40. The van der Waals surface area contributed by atoms with E-state index in [2.05, 4.69) is 15.1 Å². The van der Waals surface area contributed by atoms with E-state index < -0.39 is 6.04 Å². The lowest BCUT2D eigenvalue weighted by atomic mass is 10.1. The molecule has 160 valence electrons. The molecular formula is C22H23N5O4. The highest BCUT2D eigenvalue weighted by Crippen LogP contribution is 2.27. The van der Waals surface area contributed by atoms with Gasteiger partial charge < -0.3 is 19.1 Å². The molecule has 1 aliphatic rings. The fourth-order valence-corrected chi connectivity index (χ4v) is 3.63. The number of carbonyl (C=O) groups is 2. The molecule has 3 aromatic rings. The Bertz CT molecular complexity index is 1050. The van der Waals surface area contributed by atoms with Crippen LogP contribution in [0.25, 0.3) is 0 Å². The highest BCUT2D eigenvalue weighted by atomic mass is 16.5. The van der Waals surface area contributed by atoms with Gasteiger partial charge in [0.25, 0.3) is 17.7 Å². The first kappa shape index (κ1) is 20.5. The Balaban J connectivity index is 1.63. The number of pyridine rings is 1. The molecule has 3 heterocycles. The van der Waals surface area contributed by atoms with Crippen LogP contribution in [0.1, 0.15) is 44.9 Å². The summed E-state index contributed by atoms with van der Waals surface area (Å²) in [4.78, 5) is 38.3. The third-order valence-corrected chi connectivity index (χ3v) is 5.19. The highest BCUT2D eigenvalue weighted by Gasteiger charge is 2.35. The number of carbonyl (C=O) groups excluding carboxylic acids is 2. The number of amides is 2. The van der Waals surface area contributed by atoms with Crippen LogP contribution < -0.4 is 4.74 Å². The Hall–Kier alpha value is -3.75. The van der Waals surface area contributed by atoms with E-state index in [-0.39, 0.29) is 18.4 Å². The number of benzene rings is 1. The van der Waals surface area contributed by atoms with Gasteiger partial charge in [-0.1, -0.05) is 23.4 Å². The summed E-state index contributed by atoms with van der Waals surface area (Å²) in [6.45, 7) is 2.92. The Morgan fingerprint density at radius 3 is 2.52 bits per heavy atom. The Kier molecular flexibility index (Phi) is 5.92. The number of rotatable bonds is 4. The van der Waals surface area contributed by atoms with Gasteiger partial charge in [-0.25, -0.2) is 4.98 Å². The van der Waals surface area contributed by atoms with E-state index in [4.69, 9.17) is 9.26 Å². The average molecular weight is 421 g/mol. The van der Waals surface area contributed by atoms with Crippen molar-refractivity contribution in [3.8, 4) is 5.88 Å². The molecule has 4 rings (SSSR count). The molecule has 1 unspecified atom stereocenters. The average Bonchev–Trinajstić information content (AvgIpc) is 3.12. The van der Waals surface area contributed by atoms with E-state index in [1.807, 2.05) is 18.2 Å². The smallest absolute Gasteiger partial charge is 0.255 e. The Morgan fingerprint density at radius 1 is 1.06 bits per heavy atom. The number of hydrogen-bond donors (Lipinski definition) is 0. The number of aromatic nitrogens is 3. The van der Waals surface area contributed by atoms with Gasteiger partial charge in [-0.3, -0.25) is 9.59 Å². The minimum absolute atomic E-state index is 0.137. The van der Waals surface area contributed by atoms with Crippen molar-refractivity contribution in [1.29, 1.82) is 0 Å². The zero-order chi connectivity index (χ0) is 21.8. The summed E-state index contributed by atoms with van der Waals surface area (Å²) in [6, 6.07) is 11.8. The van der Waals surface area contributed by atoms with Crippen LogP contribution >= 0.6 is 0 Å². The van der Waals surface area contributed by atoms with Gasteiger partial charge in [-0.05, 0) is 31.5 Å². The summed E-state index contributed by atoms with van der Waals surface area (Å²) in [5.74, 6) is 0.913. The maximum Gasteiger partial charge on any atom is 0.255 e. The minimum atomic E-state index is -0.549. The molecule has 0 saturated carbocycles. The van der Waals surface area contributed by atoms with E-state index in [0.717, 1.165) is 0 Å². The molecule has 9 nitrogen and oxygen atoms in total. The van der Waals surface area contributed by atoms with Gasteiger partial charge in [0.2, 0.25) is 5.88 Å². The van der Waals surface area contributed by atoms with Crippen LogP contribution in [0.3, 0.4) is 0 Å². The van der Waals surface area contributed by atoms with Gasteiger partial charge >= 0.3 is 0 Å². The summed E-state index contributed by atoms with van der Waals surface area (Å²) in [7, 11) is 1.52. The summed E-state index contributed by atoms with van der Waals surface area (Å²) >= 11 is 0. The molecule has 0 bridgehead atoms. The van der Waals surface area contributed by atoms with Gasteiger partial charge in [-0.2, -0.15) is 4.98 Å². The van der Waals surface area contributed by atoms with Crippen molar-refractivity contribution in [3.05, 3.63) is 71.5 Å². The second-order valence-corrected chi connectivity index (χ2v) is 7.25. The Morgan fingerprint density at radius 2 is 1.87 bits per heavy atom. The number of ether oxygens (including phenoxy) is 1. The van der Waals surface area contributed by atoms with E-state index in [9.17, 15) is 9.59 Å². The van der Waals surface area contributed by atoms with E-state index in [0.29, 0.717) is 48.2 Å². The molecular weight excluding hydrogens is 398 g/mol. The van der Waals surface area contributed by atoms with Crippen molar-refractivity contribution in [2.45, 2.75) is 19.4 Å². The predicted molar refractivity (Wildman–Crippen MR) is 111 cm³/mol. The van der Waals surface area contributed by atoms with Gasteiger partial charge in [0, 0.05) is 30.9 Å². The SMILES string of the molecule is COc1ccc(C(=O)N2CCCN(C(=O)c3ccccc3)C(c3nc(C)no3)C2)cn1. The molecule has 1 saturated heterocycles. The number of aryl methyl sites for hydroxylation is 1. The molecule has 2 amide bonds. The van der Waals surface area contributed by atoms with Crippen LogP contribution in [0.15, 0.2) is 53.2 Å². The summed E-state index contributed by atoms with van der Waals surface area (Å²) in [5, 5.41) is 3.88. The van der Waals surface area contributed by atoms with Crippen molar-refractivity contribution in [2.75, 3.05) is 26.7 Å². The minimum Gasteiger partial charge on any atom is -0.481 e. The predicted octanol–water partition coefficient (Wildman–Crippen LogP) is 2.51. The summed E-state index contributed by atoms with van der Waals surface area (Å²) in [6.07, 6.45) is 2.11. The van der Waals surface area contributed by atoms with Crippen LogP contribution in [0, 0.1) is 6.92 Å². The fourth-order valence-electron chi connectivity index (χ4n) is 3.63. The number of methoxy groups -OCH3 is 1. The van der Waals surface area contributed by atoms with Crippen molar-refractivity contribution in [1.82, 2.24) is 24.9 Å². The number of nitrogens with zero attached hydrogens (tertiary/aromatic N) is 5. The quantitative estimate of drug-likeness (QED) is 0.638. The standard InChI is InChI=1S/C22H23N5O4/c1-15-24-20(31-25-15)18-14-26(21(28)17-9-10-19(30-2)23-13-17)11-6-12-27(18)22(29)16-7-4-3-5-8-16/h3-5,7-10,13,18H,6,11-12,14H2,1-2H3. The molecule has 0 spiro atoms. The lowest BCUT2D eigenvalue weighted by molar-refractivity contribution is 0.0592. The zero-order valence-electron chi connectivity index (χ0n) is 17.4. The Labute approximate surface area is 179 Å².